The van der Waals surface area contributed by atoms with Gasteiger partial charge < -0.3 is 5.73 Å². The molecule has 1 aromatic heterocycles. The summed E-state index contributed by atoms with van der Waals surface area (Å²) in [4.78, 5) is 3.95. The van der Waals surface area contributed by atoms with Gasteiger partial charge in [0.1, 0.15) is 0 Å². The molecular weight excluding hydrogens is 207 g/mol. The summed E-state index contributed by atoms with van der Waals surface area (Å²) in [5.41, 5.74) is 7.39. The molecular formula is C9H14Cl2N2. The Morgan fingerprint density at radius 3 is 2.23 bits per heavy atom. The first-order chi connectivity index (χ1) is 5.29. The molecule has 0 spiro atoms. The average Bonchev–Trinajstić information content (AvgIpc) is 2.70. The highest BCUT2D eigenvalue weighted by Crippen LogP contribution is 2.35. The third-order valence-corrected chi connectivity index (χ3v) is 2.20. The van der Waals surface area contributed by atoms with Crippen LogP contribution in [0.4, 0.5) is 0 Å². The number of aromatic nitrogens is 1. The van der Waals surface area contributed by atoms with E-state index in [4.69, 9.17) is 5.73 Å². The molecule has 1 aliphatic rings. The molecule has 1 aliphatic carbocycles. The summed E-state index contributed by atoms with van der Waals surface area (Å²) in [5, 5.41) is 0. The van der Waals surface area contributed by atoms with Gasteiger partial charge in [-0.3, -0.25) is 4.98 Å². The number of pyridine rings is 1. The highest BCUT2D eigenvalue weighted by molar-refractivity contribution is 5.85. The fourth-order valence-electron chi connectivity index (χ4n) is 1.24. The van der Waals surface area contributed by atoms with Gasteiger partial charge >= 0.3 is 0 Å². The molecule has 0 radical (unpaired) electrons. The smallest absolute Gasteiger partial charge is 0.0270 e. The lowest BCUT2D eigenvalue weighted by Crippen LogP contribution is -2.24. The number of rotatable bonds is 2. The van der Waals surface area contributed by atoms with Gasteiger partial charge in [-0.05, 0) is 37.0 Å². The van der Waals surface area contributed by atoms with Crippen molar-refractivity contribution in [3.8, 4) is 0 Å². The van der Waals surface area contributed by atoms with Crippen LogP contribution in [-0.2, 0) is 6.42 Å². The molecule has 2 N–H and O–H groups in total. The summed E-state index contributed by atoms with van der Waals surface area (Å²) < 4.78 is 0. The van der Waals surface area contributed by atoms with Gasteiger partial charge in [0.05, 0.1) is 0 Å². The lowest BCUT2D eigenvalue weighted by Gasteiger charge is -2.06. The van der Waals surface area contributed by atoms with Crippen molar-refractivity contribution in [1.29, 1.82) is 0 Å². The molecule has 1 heterocycles. The minimum absolute atomic E-state index is 0. The first-order valence-corrected chi connectivity index (χ1v) is 3.96. The number of nitrogens with two attached hydrogens (primary N) is 1. The van der Waals surface area contributed by atoms with E-state index < -0.39 is 0 Å². The third kappa shape index (κ3) is 3.51. The molecule has 4 heteroatoms. The molecule has 2 nitrogen and oxygen atoms in total. The maximum atomic E-state index is 5.96. The zero-order valence-corrected chi connectivity index (χ0v) is 8.90. The van der Waals surface area contributed by atoms with Gasteiger partial charge in [-0.2, -0.15) is 0 Å². The van der Waals surface area contributed by atoms with Gasteiger partial charge in [0.25, 0.3) is 0 Å². The first-order valence-electron chi connectivity index (χ1n) is 3.96. The Labute approximate surface area is 90.8 Å². The summed E-state index contributed by atoms with van der Waals surface area (Å²) in [7, 11) is 0. The second-order valence-corrected chi connectivity index (χ2v) is 3.39. The molecule has 0 bridgehead atoms. The van der Waals surface area contributed by atoms with E-state index in [0.29, 0.717) is 0 Å². The molecule has 0 unspecified atom stereocenters. The van der Waals surface area contributed by atoms with Crippen molar-refractivity contribution in [2.24, 2.45) is 5.73 Å². The molecule has 0 saturated heterocycles. The Bertz CT molecular complexity index is 247. The second-order valence-electron chi connectivity index (χ2n) is 3.39. The van der Waals surface area contributed by atoms with Crippen molar-refractivity contribution in [2.45, 2.75) is 24.8 Å². The van der Waals surface area contributed by atoms with Gasteiger partial charge in [0.2, 0.25) is 0 Å². The lowest BCUT2D eigenvalue weighted by molar-refractivity contribution is 0.671. The molecule has 0 amide bonds. The summed E-state index contributed by atoms with van der Waals surface area (Å²) in [5.74, 6) is 0. The van der Waals surface area contributed by atoms with Crippen LogP contribution >= 0.6 is 24.8 Å². The van der Waals surface area contributed by atoms with Crippen LogP contribution in [0.15, 0.2) is 24.5 Å². The van der Waals surface area contributed by atoms with E-state index >= 15 is 0 Å². The van der Waals surface area contributed by atoms with E-state index in [2.05, 4.69) is 4.98 Å². The van der Waals surface area contributed by atoms with E-state index in [0.717, 1.165) is 6.42 Å². The zero-order valence-electron chi connectivity index (χ0n) is 7.27. The summed E-state index contributed by atoms with van der Waals surface area (Å²) in [6.07, 6.45) is 7.00. The fourth-order valence-corrected chi connectivity index (χ4v) is 1.24. The van der Waals surface area contributed by atoms with E-state index in [1.807, 2.05) is 24.5 Å². The Balaban J connectivity index is 0.000000720. The second kappa shape index (κ2) is 4.80. The van der Waals surface area contributed by atoms with Gasteiger partial charge in [0, 0.05) is 17.9 Å². The van der Waals surface area contributed by atoms with E-state index in [-0.39, 0.29) is 30.4 Å². The molecule has 1 saturated carbocycles. The van der Waals surface area contributed by atoms with Crippen molar-refractivity contribution in [3.63, 3.8) is 0 Å². The summed E-state index contributed by atoms with van der Waals surface area (Å²) in [6, 6.07) is 4.07. The monoisotopic (exact) mass is 220 g/mol. The number of halogens is 2. The number of hydrogen-bond donors (Lipinski definition) is 1. The van der Waals surface area contributed by atoms with Crippen molar-refractivity contribution in [2.75, 3.05) is 0 Å². The molecule has 13 heavy (non-hydrogen) atoms. The predicted octanol–water partition coefficient (Wildman–Crippen LogP) is 1.96. The van der Waals surface area contributed by atoms with Crippen LogP contribution in [0, 0.1) is 0 Å². The lowest BCUT2D eigenvalue weighted by atomic mass is 10.1. The quantitative estimate of drug-likeness (QED) is 0.829. The van der Waals surface area contributed by atoms with E-state index in [1.54, 1.807) is 0 Å². The number of hydrogen-bond acceptors (Lipinski definition) is 2. The van der Waals surface area contributed by atoms with E-state index in [1.165, 1.54) is 18.4 Å². The minimum atomic E-state index is 0. The van der Waals surface area contributed by atoms with Gasteiger partial charge in [-0.15, -0.1) is 24.8 Å². The van der Waals surface area contributed by atoms with Crippen molar-refractivity contribution in [1.82, 2.24) is 4.98 Å². The molecule has 2 rings (SSSR count). The van der Waals surface area contributed by atoms with Crippen LogP contribution < -0.4 is 5.73 Å². The Hall–Kier alpha value is -0.310. The summed E-state index contributed by atoms with van der Waals surface area (Å²) in [6.45, 7) is 0. The standard InChI is InChI=1S/C9H12N2.2ClH/c10-9(3-4-9)7-8-1-5-11-6-2-8;;/h1-2,5-6H,3-4,7,10H2;2*1H. The van der Waals surface area contributed by atoms with Gasteiger partial charge in [-0.25, -0.2) is 0 Å². The Morgan fingerprint density at radius 1 is 1.23 bits per heavy atom. The van der Waals surface area contributed by atoms with Gasteiger partial charge in [0.15, 0.2) is 0 Å². The highest BCUT2D eigenvalue weighted by Gasteiger charge is 2.37. The topological polar surface area (TPSA) is 38.9 Å². The average molecular weight is 221 g/mol. The Morgan fingerprint density at radius 2 is 1.77 bits per heavy atom. The summed E-state index contributed by atoms with van der Waals surface area (Å²) >= 11 is 0. The van der Waals surface area contributed by atoms with Crippen LogP contribution in [-0.4, -0.2) is 10.5 Å². The van der Waals surface area contributed by atoms with Gasteiger partial charge in [-0.1, -0.05) is 0 Å². The molecule has 0 aliphatic heterocycles. The molecule has 74 valence electrons. The first kappa shape index (κ1) is 12.7. The SMILES string of the molecule is Cl.Cl.NC1(Cc2ccncc2)CC1. The molecule has 1 aromatic rings. The largest absolute Gasteiger partial charge is 0.325 e. The normalized spacial score (nSPS) is 16.7. The Kier molecular flexibility index (Phi) is 4.68. The fraction of sp³-hybridized carbons (Fsp3) is 0.444. The number of nitrogens with zero attached hydrogens (tertiary/aromatic N) is 1. The highest BCUT2D eigenvalue weighted by atomic mass is 35.5. The van der Waals surface area contributed by atoms with Crippen LogP contribution in [0.3, 0.4) is 0 Å². The minimum Gasteiger partial charge on any atom is -0.325 e. The van der Waals surface area contributed by atoms with Crippen molar-refractivity contribution < 1.29 is 0 Å². The van der Waals surface area contributed by atoms with Crippen LogP contribution in [0.2, 0.25) is 0 Å². The molecule has 1 fully saturated rings. The molecule has 0 atom stereocenters. The van der Waals surface area contributed by atoms with Crippen LogP contribution in [0.25, 0.3) is 0 Å². The maximum absolute atomic E-state index is 5.96. The maximum Gasteiger partial charge on any atom is 0.0270 e. The zero-order chi connectivity index (χ0) is 7.73. The van der Waals surface area contributed by atoms with E-state index in [9.17, 15) is 0 Å². The molecule has 0 aromatic carbocycles. The third-order valence-electron chi connectivity index (χ3n) is 2.20. The van der Waals surface area contributed by atoms with Crippen LogP contribution in [0.1, 0.15) is 18.4 Å². The predicted molar refractivity (Wildman–Crippen MR) is 58.6 cm³/mol. The van der Waals surface area contributed by atoms with Crippen molar-refractivity contribution in [3.05, 3.63) is 30.1 Å². The van der Waals surface area contributed by atoms with Crippen LogP contribution in [0.5, 0.6) is 0 Å². The van der Waals surface area contributed by atoms with Crippen molar-refractivity contribution >= 4 is 24.8 Å².